The summed E-state index contributed by atoms with van der Waals surface area (Å²) in [5, 5.41) is 2.83. The van der Waals surface area contributed by atoms with Gasteiger partial charge in [-0.25, -0.2) is 4.98 Å². The molecule has 5 rings (SSSR count). The van der Waals surface area contributed by atoms with Gasteiger partial charge in [0.2, 0.25) is 11.8 Å². The maximum Gasteiger partial charge on any atom is 0.260 e. The van der Waals surface area contributed by atoms with E-state index in [2.05, 4.69) is 10.3 Å². The SMILES string of the molecule is COc1ncccc1NC(=O)CCCCCN1C(=O)c2ccccc2N2C(=O)c3ccccc3C12. The van der Waals surface area contributed by atoms with Gasteiger partial charge in [0, 0.05) is 30.3 Å². The lowest BCUT2D eigenvalue weighted by atomic mass is 10.0. The van der Waals surface area contributed by atoms with Crippen molar-refractivity contribution >= 4 is 29.1 Å². The highest BCUT2D eigenvalue weighted by molar-refractivity contribution is 6.16. The molecule has 3 amide bonds. The van der Waals surface area contributed by atoms with Gasteiger partial charge in [0.15, 0.2) is 0 Å². The van der Waals surface area contributed by atoms with Gasteiger partial charge < -0.3 is 15.0 Å². The molecule has 0 aliphatic carbocycles. The van der Waals surface area contributed by atoms with Crippen LogP contribution in [0.4, 0.5) is 11.4 Å². The summed E-state index contributed by atoms with van der Waals surface area (Å²) in [6.45, 7) is 0.494. The highest BCUT2D eigenvalue weighted by Gasteiger charge is 2.47. The topological polar surface area (TPSA) is 91.8 Å². The van der Waals surface area contributed by atoms with Gasteiger partial charge in [-0.05, 0) is 43.2 Å². The third-order valence-electron chi connectivity index (χ3n) is 6.42. The summed E-state index contributed by atoms with van der Waals surface area (Å²) in [6, 6.07) is 18.2. The summed E-state index contributed by atoms with van der Waals surface area (Å²) in [7, 11) is 1.51. The minimum Gasteiger partial charge on any atom is -0.480 e. The van der Waals surface area contributed by atoms with Crippen LogP contribution in [0.15, 0.2) is 66.9 Å². The van der Waals surface area contributed by atoms with Crippen molar-refractivity contribution < 1.29 is 19.1 Å². The highest BCUT2D eigenvalue weighted by Crippen LogP contribution is 2.45. The summed E-state index contributed by atoms with van der Waals surface area (Å²) in [5.74, 6) is 0.104. The molecule has 3 heterocycles. The van der Waals surface area contributed by atoms with Crippen LogP contribution in [0.25, 0.3) is 0 Å². The molecule has 0 fully saturated rings. The molecule has 178 valence electrons. The van der Waals surface area contributed by atoms with Gasteiger partial charge in [-0.2, -0.15) is 0 Å². The zero-order valence-corrected chi connectivity index (χ0v) is 19.4. The van der Waals surface area contributed by atoms with Crippen molar-refractivity contribution in [2.24, 2.45) is 0 Å². The molecule has 2 aliphatic heterocycles. The van der Waals surface area contributed by atoms with Crippen molar-refractivity contribution in [2.75, 3.05) is 23.9 Å². The average molecular weight is 471 g/mol. The number of nitrogens with zero attached hydrogens (tertiary/aromatic N) is 3. The van der Waals surface area contributed by atoms with Crippen molar-refractivity contribution in [3.05, 3.63) is 83.6 Å². The number of aromatic nitrogens is 1. The zero-order chi connectivity index (χ0) is 24.4. The fraction of sp³-hybridized carbons (Fsp3) is 0.259. The monoisotopic (exact) mass is 470 g/mol. The van der Waals surface area contributed by atoms with E-state index in [-0.39, 0.29) is 17.7 Å². The largest absolute Gasteiger partial charge is 0.480 e. The van der Waals surface area contributed by atoms with Crippen LogP contribution in [0.2, 0.25) is 0 Å². The van der Waals surface area contributed by atoms with Crippen LogP contribution in [0.1, 0.15) is 58.1 Å². The van der Waals surface area contributed by atoms with Crippen LogP contribution in [0.5, 0.6) is 5.88 Å². The Labute approximate surface area is 203 Å². The number of anilines is 2. The van der Waals surface area contributed by atoms with Crippen molar-refractivity contribution in [1.29, 1.82) is 0 Å². The maximum atomic E-state index is 13.4. The molecule has 8 heteroatoms. The molecule has 0 spiro atoms. The Bertz CT molecular complexity index is 1290. The van der Waals surface area contributed by atoms with E-state index in [1.165, 1.54) is 7.11 Å². The normalized spacial score (nSPS) is 16.0. The number of unbranched alkanes of at least 4 members (excludes halogenated alkanes) is 2. The minimum absolute atomic E-state index is 0.0761. The molecule has 35 heavy (non-hydrogen) atoms. The molecule has 1 N–H and O–H groups in total. The van der Waals surface area contributed by atoms with Crippen molar-refractivity contribution in [3.8, 4) is 5.88 Å². The van der Waals surface area contributed by atoms with Gasteiger partial charge in [-0.15, -0.1) is 0 Å². The van der Waals surface area contributed by atoms with Crippen molar-refractivity contribution in [2.45, 2.75) is 31.8 Å². The van der Waals surface area contributed by atoms with Crippen molar-refractivity contribution in [3.63, 3.8) is 0 Å². The molecular weight excluding hydrogens is 444 g/mol. The Hall–Kier alpha value is -4.20. The Balaban J connectivity index is 1.23. The summed E-state index contributed by atoms with van der Waals surface area (Å²) in [6.07, 6.45) is 3.68. The molecule has 8 nitrogen and oxygen atoms in total. The molecule has 1 atom stereocenters. The second-order valence-corrected chi connectivity index (χ2v) is 8.57. The second kappa shape index (κ2) is 9.58. The van der Waals surface area contributed by atoms with Gasteiger partial charge in [0.1, 0.15) is 11.9 Å². The number of pyridine rings is 1. The summed E-state index contributed by atoms with van der Waals surface area (Å²) in [4.78, 5) is 46.6. The summed E-state index contributed by atoms with van der Waals surface area (Å²) < 4.78 is 5.17. The highest BCUT2D eigenvalue weighted by atomic mass is 16.5. The predicted molar refractivity (Wildman–Crippen MR) is 131 cm³/mol. The van der Waals surface area contributed by atoms with E-state index in [0.717, 1.165) is 18.4 Å². The summed E-state index contributed by atoms with van der Waals surface area (Å²) >= 11 is 0. The van der Waals surface area contributed by atoms with E-state index in [1.54, 1.807) is 34.2 Å². The number of benzene rings is 2. The first-order chi connectivity index (χ1) is 17.1. The number of carbonyl (C=O) groups excluding carboxylic acids is 3. The van der Waals surface area contributed by atoms with Crippen LogP contribution < -0.4 is 15.0 Å². The number of ether oxygens (including phenoxy) is 1. The third-order valence-corrected chi connectivity index (χ3v) is 6.42. The Morgan fingerprint density at radius 1 is 0.943 bits per heavy atom. The van der Waals surface area contributed by atoms with Gasteiger partial charge >= 0.3 is 0 Å². The summed E-state index contributed by atoms with van der Waals surface area (Å²) in [5.41, 5.74) is 3.22. The first-order valence-corrected chi connectivity index (χ1v) is 11.7. The predicted octanol–water partition coefficient (Wildman–Crippen LogP) is 4.40. The fourth-order valence-electron chi connectivity index (χ4n) is 4.81. The molecule has 0 bridgehead atoms. The van der Waals surface area contributed by atoms with Crippen LogP contribution in [0.3, 0.4) is 0 Å². The molecule has 0 saturated heterocycles. The number of methoxy groups -OCH3 is 1. The number of rotatable bonds is 8. The first kappa shape index (κ1) is 22.6. The Morgan fingerprint density at radius 2 is 1.71 bits per heavy atom. The van der Waals surface area contributed by atoms with Crippen molar-refractivity contribution in [1.82, 2.24) is 9.88 Å². The molecule has 3 aromatic rings. The lowest BCUT2D eigenvalue weighted by Gasteiger charge is -2.41. The minimum atomic E-state index is -0.442. The number of nitrogens with one attached hydrogen (secondary N) is 1. The quantitative estimate of drug-likeness (QED) is 0.493. The molecule has 0 radical (unpaired) electrons. The van der Waals surface area contributed by atoms with E-state index in [0.29, 0.717) is 47.8 Å². The van der Waals surface area contributed by atoms with E-state index < -0.39 is 6.17 Å². The Morgan fingerprint density at radius 3 is 2.54 bits per heavy atom. The lowest BCUT2D eigenvalue weighted by Crippen LogP contribution is -2.48. The molecule has 0 saturated carbocycles. The number of amides is 3. The van der Waals surface area contributed by atoms with E-state index in [9.17, 15) is 14.4 Å². The zero-order valence-electron chi connectivity index (χ0n) is 19.4. The van der Waals surface area contributed by atoms with E-state index >= 15 is 0 Å². The van der Waals surface area contributed by atoms with Gasteiger partial charge in [0.25, 0.3) is 11.8 Å². The van der Waals surface area contributed by atoms with E-state index in [4.69, 9.17) is 4.74 Å². The van der Waals surface area contributed by atoms with Crippen LogP contribution in [-0.4, -0.2) is 41.3 Å². The molecule has 1 unspecified atom stereocenters. The Kier molecular flexibility index (Phi) is 6.18. The second-order valence-electron chi connectivity index (χ2n) is 8.57. The lowest BCUT2D eigenvalue weighted by molar-refractivity contribution is -0.116. The first-order valence-electron chi connectivity index (χ1n) is 11.7. The number of carbonyl (C=O) groups is 3. The van der Waals surface area contributed by atoms with Gasteiger partial charge in [-0.1, -0.05) is 36.8 Å². The molecule has 1 aromatic heterocycles. The molecule has 2 aliphatic rings. The van der Waals surface area contributed by atoms with Gasteiger partial charge in [-0.3, -0.25) is 19.3 Å². The third kappa shape index (κ3) is 4.12. The number of hydrogen-bond donors (Lipinski definition) is 1. The molecular formula is C27H26N4O4. The maximum absolute atomic E-state index is 13.4. The van der Waals surface area contributed by atoms with E-state index in [1.807, 2.05) is 42.5 Å². The number of fused-ring (bicyclic) bond motifs is 5. The average Bonchev–Trinajstić information content (AvgIpc) is 3.18. The fourth-order valence-corrected chi connectivity index (χ4v) is 4.81. The van der Waals surface area contributed by atoms with Crippen LogP contribution in [0, 0.1) is 0 Å². The van der Waals surface area contributed by atoms with Crippen LogP contribution >= 0.6 is 0 Å². The molecule has 2 aromatic carbocycles. The number of hydrogen-bond acceptors (Lipinski definition) is 5. The van der Waals surface area contributed by atoms with Gasteiger partial charge in [0.05, 0.1) is 18.4 Å². The smallest absolute Gasteiger partial charge is 0.260 e. The van der Waals surface area contributed by atoms with Crippen LogP contribution in [-0.2, 0) is 4.79 Å². The number of para-hydroxylation sites is 1. The standard InChI is InChI=1S/C27H26N4O4/c1-35-24-21(13-9-16-28-24)29-23(32)15-3-2-8-17-30-25-18-10-4-5-11-19(18)27(34)31(25)22-14-7-6-12-20(22)26(30)33/h4-7,9-14,16,25H,2-3,8,15,17H2,1H3,(H,29,32).